The molecule has 0 aliphatic carbocycles. The molecule has 0 N–H and O–H groups in total. The van der Waals surface area contributed by atoms with Gasteiger partial charge >= 0.3 is 0 Å². The van der Waals surface area contributed by atoms with Crippen molar-refractivity contribution >= 4 is 107 Å². The highest BCUT2D eigenvalue weighted by atomic mass is 15.2. The minimum atomic E-state index is 1.04. The lowest BCUT2D eigenvalue weighted by Gasteiger charge is -2.28. The molecule has 13 aromatic carbocycles. The molecule has 0 amide bonds. The van der Waals surface area contributed by atoms with Crippen LogP contribution in [0.3, 0.4) is 0 Å². The first-order valence-electron chi connectivity index (χ1n) is 28.5. The third kappa shape index (κ3) is 10.1. The Labute approximate surface area is 491 Å². The zero-order chi connectivity index (χ0) is 56.0. The molecule has 0 bridgehead atoms. The number of para-hydroxylation sites is 8. The summed E-state index contributed by atoms with van der Waals surface area (Å²) in [6.07, 6.45) is 0. The van der Waals surface area contributed by atoms with Gasteiger partial charge < -0.3 is 29.1 Å². The molecule has 0 saturated carbocycles. The lowest BCUT2D eigenvalue weighted by atomic mass is 10.1. The van der Waals surface area contributed by atoms with Gasteiger partial charge in [0.25, 0.3) is 0 Å². The van der Waals surface area contributed by atoms with Crippen LogP contribution in [0.2, 0.25) is 0 Å². The molecular weight excluding hydrogens is 1020 g/mol. The van der Waals surface area contributed by atoms with Crippen molar-refractivity contribution in [3.8, 4) is 5.69 Å². The van der Waals surface area contributed by atoms with Crippen LogP contribution in [0.25, 0.3) is 27.5 Å². The fraction of sp³-hybridized carbons (Fsp3) is 0. The molecule has 6 nitrogen and oxygen atoms in total. The van der Waals surface area contributed by atoms with Gasteiger partial charge in [-0.25, -0.2) is 0 Å². The van der Waals surface area contributed by atoms with Crippen molar-refractivity contribution in [3.05, 3.63) is 352 Å². The number of hydrogen-bond acceptors (Lipinski definition) is 5. The summed E-state index contributed by atoms with van der Waals surface area (Å²) >= 11 is 0. The van der Waals surface area contributed by atoms with Gasteiger partial charge in [-0.15, -0.1) is 0 Å². The summed E-state index contributed by atoms with van der Waals surface area (Å²) < 4.78 is 2.42. The molecule has 14 aromatic rings. The van der Waals surface area contributed by atoms with E-state index in [9.17, 15) is 0 Å². The number of anilines is 15. The van der Waals surface area contributed by atoms with E-state index in [-0.39, 0.29) is 0 Å². The van der Waals surface area contributed by atoms with Gasteiger partial charge in [-0.05, 0) is 206 Å². The maximum atomic E-state index is 2.42. The van der Waals surface area contributed by atoms with Crippen LogP contribution in [0.5, 0.6) is 0 Å². The van der Waals surface area contributed by atoms with Crippen LogP contribution in [-0.4, -0.2) is 4.57 Å². The van der Waals surface area contributed by atoms with Crippen molar-refractivity contribution in [1.82, 2.24) is 4.57 Å². The van der Waals surface area contributed by atoms with Gasteiger partial charge in [0.05, 0.1) is 11.0 Å². The number of rotatable bonds is 16. The van der Waals surface area contributed by atoms with Crippen LogP contribution >= 0.6 is 0 Å². The molecule has 0 unspecified atom stereocenters. The van der Waals surface area contributed by atoms with E-state index in [1.165, 1.54) is 0 Å². The molecule has 1 aromatic heterocycles. The Morgan fingerprint density at radius 2 is 0.321 bits per heavy atom. The van der Waals surface area contributed by atoms with Crippen molar-refractivity contribution in [2.45, 2.75) is 0 Å². The minimum absolute atomic E-state index is 1.04. The third-order valence-corrected chi connectivity index (χ3v) is 15.5. The summed E-state index contributed by atoms with van der Waals surface area (Å²) in [7, 11) is 0. The summed E-state index contributed by atoms with van der Waals surface area (Å²) in [4.78, 5) is 11.7. The van der Waals surface area contributed by atoms with Crippen LogP contribution in [0, 0.1) is 0 Å². The SMILES string of the molecule is c1ccc(N(c2ccccc2)c2ccc(N(c3ccccc3)c3ccc4c(c3)c3cc(N(c5ccccc5)c5ccc(N(c6ccccc6)c6ccccc6)cc5)ccc3n4-c3ccc(N(c4ccccc4)c4ccccc4)cc3)cc2)cc1. The van der Waals surface area contributed by atoms with E-state index >= 15 is 0 Å². The average Bonchev–Trinajstić information content (AvgIpc) is 3.09. The quantitative estimate of drug-likeness (QED) is 0.0958. The Balaban J connectivity index is 0.924. The Bertz CT molecular complexity index is 4090. The summed E-state index contributed by atoms with van der Waals surface area (Å²) in [6, 6.07) is 126. The van der Waals surface area contributed by atoms with Crippen molar-refractivity contribution < 1.29 is 0 Å². The molecule has 0 aliphatic heterocycles. The highest BCUT2D eigenvalue weighted by molar-refractivity contribution is 6.12. The maximum absolute atomic E-state index is 2.42. The van der Waals surface area contributed by atoms with Gasteiger partial charge in [-0.1, -0.05) is 146 Å². The summed E-state index contributed by atoms with van der Waals surface area (Å²) in [5.41, 5.74) is 19.3. The highest BCUT2D eigenvalue weighted by Crippen LogP contribution is 2.46. The second kappa shape index (κ2) is 23.0. The average molecular weight is 1080 g/mol. The maximum Gasteiger partial charge on any atom is 0.0542 e. The van der Waals surface area contributed by atoms with Gasteiger partial charge in [0, 0.05) is 102 Å². The van der Waals surface area contributed by atoms with E-state index < -0.39 is 0 Å². The molecule has 6 heteroatoms. The highest BCUT2D eigenvalue weighted by Gasteiger charge is 2.23. The molecule has 400 valence electrons. The fourth-order valence-electron chi connectivity index (χ4n) is 11.7. The molecule has 0 radical (unpaired) electrons. The lowest BCUT2D eigenvalue weighted by molar-refractivity contribution is 1.17. The van der Waals surface area contributed by atoms with Crippen LogP contribution in [0.1, 0.15) is 0 Å². The van der Waals surface area contributed by atoms with Gasteiger partial charge in [0.15, 0.2) is 0 Å². The van der Waals surface area contributed by atoms with Gasteiger partial charge in [0.1, 0.15) is 0 Å². The molecular formula is C78H58N6. The van der Waals surface area contributed by atoms with Crippen LogP contribution < -0.4 is 24.5 Å². The van der Waals surface area contributed by atoms with Gasteiger partial charge in [-0.2, -0.15) is 0 Å². The molecule has 0 spiro atoms. The van der Waals surface area contributed by atoms with E-state index in [0.29, 0.717) is 0 Å². The molecule has 0 atom stereocenters. The smallest absolute Gasteiger partial charge is 0.0542 e. The van der Waals surface area contributed by atoms with Crippen LogP contribution in [0.15, 0.2) is 352 Å². The second-order valence-corrected chi connectivity index (χ2v) is 20.6. The summed E-state index contributed by atoms with van der Waals surface area (Å²) in [6.45, 7) is 0. The summed E-state index contributed by atoms with van der Waals surface area (Å²) in [5, 5.41) is 2.26. The molecule has 0 fully saturated rings. The Kier molecular flexibility index (Phi) is 13.9. The van der Waals surface area contributed by atoms with Crippen molar-refractivity contribution in [3.63, 3.8) is 0 Å². The van der Waals surface area contributed by atoms with E-state index in [2.05, 4.69) is 381 Å². The zero-order valence-corrected chi connectivity index (χ0v) is 46.2. The summed E-state index contributed by atoms with van der Waals surface area (Å²) in [5.74, 6) is 0. The van der Waals surface area contributed by atoms with Crippen LogP contribution in [-0.2, 0) is 0 Å². The van der Waals surface area contributed by atoms with E-state index in [1.54, 1.807) is 0 Å². The zero-order valence-electron chi connectivity index (χ0n) is 46.2. The van der Waals surface area contributed by atoms with E-state index in [0.717, 1.165) is 113 Å². The van der Waals surface area contributed by atoms with E-state index in [4.69, 9.17) is 0 Å². The first-order valence-corrected chi connectivity index (χ1v) is 28.5. The first-order chi connectivity index (χ1) is 41.7. The van der Waals surface area contributed by atoms with Crippen LogP contribution in [0.4, 0.5) is 85.3 Å². The van der Waals surface area contributed by atoms with Crippen molar-refractivity contribution in [2.24, 2.45) is 0 Å². The van der Waals surface area contributed by atoms with Crippen molar-refractivity contribution in [1.29, 1.82) is 0 Å². The Hall–Kier alpha value is -11.3. The predicted octanol–water partition coefficient (Wildman–Crippen LogP) is 22.1. The Morgan fingerprint density at radius 1 is 0.155 bits per heavy atom. The van der Waals surface area contributed by atoms with Gasteiger partial charge in [0.2, 0.25) is 0 Å². The molecule has 0 saturated heterocycles. The second-order valence-electron chi connectivity index (χ2n) is 20.6. The largest absolute Gasteiger partial charge is 0.311 e. The number of benzene rings is 13. The number of hydrogen-bond donors (Lipinski definition) is 0. The van der Waals surface area contributed by atoms with E-state index in [1.807, 2.05) is 0 Å². The lowest BCUT2D eigenvalue weighted by Crippen LogP contribution is -2.12. The third-order valence-electron chi connectivity index (χ3n) is 15.5. The molecule has 84 heavy (non-hydrogen) atoms. The fourth-order valence-corrected chi connectivity index (χ4v) is 11.7. The standard InChI is InChI=1S/C78H58N6/c1-9-25-59(26-10-1)79(60-27-11-2-12-28-60)67-41-45-70(46-42-67)82(65-37-21-7-22-38-65)73-53-55-77-75(57-73)76-58-74(54-56-78(76)84(77)72-51-49-69(50-52-72)81(63-33-17-5-18-34-63)64-35-19-6-20-36-64)83(66-39-23-8-24-40-66)71-47-43-68(44-48-71)80(61-29-13-3-14-30-61)62-31-15-4-16-32-62/h1-58H. The first kappa shape index (κ1) is 50.9. The Morgan fingerprint density at radius 3 is 0.536 bits per heavy atom. The monoisotopic (exact) mass is 1080 g/mol. The molecule has 1 heterocycles. The molecule has 0 aliphatic rings. The number of aromatic nitrogens is 1. The molecule has 14 rings (SSSR count). The normalized spacial score (nSPS) is 11.1. The van der Waals surface area contributed by atoms with Crippen molar-refractivity contribution in [2.75, 3.05) is 24.5 Å². The number of fused-ring (bicyclic) bond motifs is 3. The van der Waals surface area contributed by atoms with Gasteiger partial charge in [-0.3, -0.25) is 0 Å². The topological polar surface area (TPSA) is 21.1 Å². The number of nitrogens with zero attached hydrogens (tertiary/aromatic N) is 6. The minimum Gasteiger partial charge on any atom is -0.311 e. The predicted molar refractivity (Wildman–Crippen MR) is 354 cm³/mol.